The Morgan fingerprint density at radius 3 is 2.68 bits per heavy atom. The number of aliphatic hydroxyl groups is 1. The molecule has 98 valence electrons. The molecule has 3 heteroatoms. The molecule has 0 atom stereocenters. The van der Waals surface area contributed by atoms with E-state index in [9.17, 15) is 4.39 Å². The maximum absolute atomic E-state index is 13.4. The van der Waals surface area contributed by atoms with Crippen LogP contribution < -0.4 is 0 Å². The SMILES string of the molecule is OCc1cc(F)cc(Sc2ccc3c(c2)CCC3)c1. The van der Waals surface area contributed by atoms with Crippen LogP contribution in [0, 0.1) is 5.82 Å². The Bertz CT molecular complexity index is 610. The summed E-state index contributed by atoms with van der Waals surface area (Å²) in [6.45, 7) is -0.129. The summed E-state index contributed by atoms with van der Waals surface area (Å²) >= 11 is 1.55. The van der Waals surface area contributed by atoms with Crippen molar-refractivity contribution in [2.24, 2.45) is 0 Å². The number of aryl methyl sites for hydroxylation is 2. The van der Waals surface area contributed by atoms with E-state index >= 15 is 0 Å². The summed E-state index contributed by atoms with van der Waals surface area (Å²) in [5.74, 6) is -0.296. The number of halogens is 1. The van der Waals surface area contributed by atoms with Crippen molar-refractivity contribution in [3.8, 4) is 0 Å². The first-order valence-corrected chi connectivity index (χ1v) is 7.26. The lowest BCUT2D eigenvalue weighted by atomic mass is 10.1. The maximum atomic E-state index is 13.4. The van der Waals surface area contributed by atoms with Crippen LogP contribution >= 0.6 is 11.8 Å². The molecule has 2 aromatic rings. The van der Waals surface area contributed by atoms with Gasteiger partial charge in [0.2, 0.25) is 0 Å². The van der Waals surface area contributed by atoms with Crippen LogP contribution in [0.5, 0.6) is 0 Å². The van der Waals surface area contributed by atoms with Crippen LogP contribution in [0.25, 0.3) is 0 Å². The van der Waals surface area contributed by atoms with Gasteiger partial charge in [-0.2, -0.15) is 0 Å². The Morgan fingerprint density at radius 2 is 1.84 bits per heavy atom. The molecule has 0 saturated heterocycles. The molecular weight excluding hydrogens is 259 g/mol. The second kappa shape index (κ2) is 5.35. The summed E-state index contributed by atoms with van der Waals surface area (Å²) in [5, 5.41) is 9.10. The number of hydrogen-bond donors (Lipinski definition) is 1. The van der Waals surface area contributed by atoms with Gasteiger partial charge in [-0.05, 0) is 66.3 Å². The van der Waals surface area contributed by atoms with Crippen molar-refractivity contribution in [3.63, 3.8) is 0 Å². The number of rotatable bonds is 3. The third-order valence-corrected chi connectivity index (χ3v) is 4.38. The molecule has 0 unspecified atom stereocenters. The van der Waals surface area contributed by atoms with E-state index in [1.807, 2.05) is 6.07 Å². The average Bonchev–Trinajstić information content (AvgIpc) is 2.85. The molecule has 1 aliphatic carbocycles. The van der Waals surface area contributed by atoms with Crippen LogP contribution in [0.3, 0.4) is 0 Å². The van der Waals surface area contributed by atoms with Gasteiger partial charge in [0.15, 0.2) is 0 Å². The summed E-state index contributed by atoms with van der Waals surface area (Å²) < 4.78 is 13.4. The number of aliphatic hydroxyl groups excluding tert-OH is 1. The lowest BCUT2D eigenvalue weighted by molar-refractivity contribution is 0.281. The van der Waals surface area contributed by atoms with E-state index in [1.165, 1.54) is 36.1 Å². The van der Waals surface area contributed by atoms with Crippen LogP contribution in [0.15, 0.2) is 46.2 Å². The van der Waals surface area contributed by atoms with Crippen molar-refractivity contribution < 1.29 is 9.50 Å². The van der Waals surface area contributed by atoms with E-state index in [1.54, 1.807) is 11.8 Å². The second-order valence-electron chi connectivity index (χ2n) is 4.84. The lowest BCUT2D eigenvalue weighted by Gasteiger charge is -2.06. The molecule has 0 saturated carbocycles. The smallest absolute Gasteiger partial charge is 0.124 e. The van der Waals surface area contributed by atoms with Gasteiger partial charge in [-0.25, -0.2) is 4.39 Å². The standard InChI is InChI=1S/C16H15FOS/c17-14-6-11(10-18)7-16(9-14)19-15-5-4-12-2-1-3-13(12)8-15/h4-9,18H,1-3,10H2. The van der Waals surface area contributed by atoms with E-state index in [4.69, 9.17) is 5.11 Å². The lowest BCUT2D eigenvalue weighted by Crippen LogP contribution is -1.87. The van der Waals surface area contributed by atoms with Gasteiger partial charge in [0, 0.05) is 9.79 Å². The fourth-order valence-corrected chi connectivity index (χ4v) is 3.51. The summed E-state index contributed by atoms with van der Waals surface area (Å²) in [5.41, 5.74) is 3.48. The normalized spacial score (nSPS) is 13.6. The highest BCUT2D eigenvalue weighted by Crippen LogP contribution is 2.32. The first-order chi connectivity index (χ1) is 9.24. The minimum Gasteiger partial charge on any atom is -0.392 e. The highest BCUT2D eigenvalue weighted by Gasteiger charge is 2.11. The van der Waals surface area contributed by atoms with Gasteiger partial charge in [0.25, 0.3) is 0 Å². The number of fused-ring (bicyclic) bond motifs is 1. The van der Waals surface area contributed by atoms with Gasteiger partial charge < -0.3 is 5.11 Å². The quantitative estimate of drug-likeness (QED) is 0.914. The molecule has 3 rings (SSSR count). The zero-order chi connectivity index (χ0) is 13.2. The second-order valence-corrected chi connectivity index (χ2v) is 5.99. The molecule has 1 nitrogen and oxygen atoms in total. The van der Waals surface area contributed by atoms with Crippen molar-refractivity contribution in [2.75, 3.05) is 0 Å². The van der Waals surface area contributed by atoms with E-state index in [0.29, 0.717) is 5.56 Å². The Morgan fingerprint density at radius 1 is 1.00 bits per heavy atom. The third kappa shape index (κ3) is 2.82. The zero-order valence-electron chi connectivity index (χ0n) is 10.5. The Hall–Kier alpha value is -1.32. The molecule has 0 bridgehead atoms. The topological polar surface area (TPSA) is 20.2 Å². The van der Waals surface area contributed by atoms with Gasteiger partial charge in [-0.3, -0.25) is 0 Å². The summed E-state index contributed by atoms with van der Waals surface area (Å²) in [6.07, 6.45) is 3.56. The van der Waals surface area contributed by atoms with Crippen molar-refractivity contribution >= 4 is 11.8 Å². The molecule has 0 heterocycles. The van der Waals surface area contributed by atoms with Gasteiger partial charge in [-0.15, -0.1) is 0 Å². The Kier molecular flexibility index (Phi) is 3.58. The van der Waals surface area contributed by atoms with Crippen molar-refractivity contribution in [1.82, 2.24) is 0 Å². The van der Waals surface area contributed by atoms with Crippen LogP contribution in [0.1, 0.15) is 23.1 Å². The van der Waals surface area contributed by atoms with Crippen LogP contribution in [0.2, 0.25) is 0 Å². The van der Waals surface area contributed by atoms with Crippen LogP contribution in [0.4, 0.5) is 4.39 Å². The van der Waals surface area contributed by atoms with E-state index in [2.05, 4.69) is 18.2 Å². The minimum atomic E-state index is -0.296. The molecule has 2 aromatic carbocycles. The van der Waals surface area contributed by atoms with Crippen molar-refractivity contribution in [3.05, 3.63) is 58.9 Å². The van der Waals surface area contributed by atoms with Crippen molar-refractivity contribution in [1.29, 1.82) is 0 Å². The van der Waals surface area contributed by atoms with E-state index in [-0.39, 0.29) is 12.4 Å². The maximum Gasteiger partial charge on any atom is 0.124 e. The molecular formula is C16H15FOS. The highest BCUT2D eigenvalue weighted by molar-refractivity contribution is 7.99. The number of benzene rings is 2. The average molecular weight is 274 g/mol. The summed E-state index contributed by atoms with van der Waals surface area (Å²) in [4.78, 5) is 1.97. The molecule has 19 heavy (non-hydrogen) atoms. The predicted octanol–water partition coefficient (Wildman–Crippen LogP) is 3.96. The molecule has 1 N–H and O–H groups in total. The first kappa shape index (κ1) is 12.7. The molecule has 1 aliphatic rings. The van der Waals surface area contributed by atoms with Crippen LogP contribution in [-0.2, 0) is 19.4 Å². The van der Waals surface area contributed by atoms with Crippen LogP contribution in [-0.4, -0.2) is 5.11 Å². The van der Waals surface area contributed by atoms with Gasteiger partial charge in [0.1, 0.15) is 5.82 Å². The molecule has 0 aliphatic heterocycles. The minimum absolute atomic E-state index is 0.129. The van der Waals surface area contributed by atoms with Gasteiger partial charge >= 0.3 is 0 Å². The summed E-state index contributed by atoms with van der Waals surface area (Å²) in [7, 11) is 0. The summed E-state index contributed by atoms with van der Waals surface area (Å²) in [6, 6.07) is 11.2. The molecule has 0 amide bonds. The Balaban J connectivity index is 1.86. The largest absolute Gasteiger partial charge is 0.392 e. The zero-order valence-corrected chi connectivity index (χ0v) is 11.3. The Labute approximate surface area is 116 Å². The van der Waals surface area contributed by atoms with Gasteiger partial charge in [0.05, 0.1) is 6.61 Å². The van der Waals surface area contributed by atoms with E-state index < -0.39 is 0 Å². The first-order valence-electron chi connectivity index (χ1n) is 6.44. The number of hydrogen-bond acceptors (Lipinski definition) is 2. The third-order valence-electron chi connectivity index (χ3n) is 3.42. The van der Waals surface area contributed by atoms with E-state index in [0.717, 1.165) is 16.2 Å². The molecule has 0 spiro atoms. The molecule has 0 aromatic heterocycles. The monoisotopic (exact) mass is 274 g/mol. The highest BCUT2D eigenvalue weighted by atomic mass is 32.2. The predicted molar refractivity (Wildman–Crippen MR) is 74.9 cm³/mol. The van der Waals surface area contributed by atoms with Gasteiger partial charge in [-0.1, -0.05) is 17.8 Å². The van der Waals surface area contributed by atoms with Crippen molar-refractivity contribution in [2.45, 2.75) is 35.7 Å². The molecule has 0 fully saturated rings. The fraction of sp³-hybridized carbons (Fsp3) is 0.250. The fourth-order valence-electron chi connectivity index (χ4n) is 2.52. The molecule has 0 radical (unpaired) electrons.